The van der Waals surface area contributed by atoms with Crippen LogP contribution in [0.5, 0.6) is 0 Å². The van der Waals surface area contributed by atoms with Gasteiger partial charge in [0.05, 0.1) is 18.8 Å². The second kappa shape index (κ2) is 12.6. The minimum Gasteiger partial charge on any atom is -0.464 e. The first kappa shape index (κ1) is 25.1. The smallest absolute Gasteiger partial charge is 0.328 e. The fourth-order valence-electron chi connectivity index (χ4n) is 3.66. The monoisotopic (exact) mass is 416 g/mol. The highest BCUT2D eigenvalue weighted by Gasteiger charge is 2.46. The summed E-state index contributed by atoms with van der Waals surface area (Å²) in [6.07, 6.45) is 7.65. The Labute approximate surface area is 173 Å². The van der Waals surface area contributed by atoms with E-state index in [1.807, 2.05) is 20.8 Å². The second-order valence-corrected chi connectivity index (χ2v) is 8.52. The number of carbonyl (C=O) groups excluding carboxylic acids is 2. The van der Waals surface area contributed by atoms with E-state index in [9.17, 15) is 19.7 Å². The zero-order chi connectivity index (χ0) is 21.9. The van der Waals surface area contributed by atoms with Crippen molar-refractivity contribution in [3.63, 3.8) is 0 Å². The van der Waals surface area contributed by atoms with Crippen molar-refractivity contribution in [2.45, 2.75) is 89.8 Å². The third-order valence-corrected chi connectivity index (χ3v) is 5.37. The number of unbranched alkanes of at least 4 members (excludes halogenated alkanes) is 3. The number of fused-ring (bicyclic) bond motifs is 1. The van der Waals surface area contributed by atoms with Crippen molar-refractivity contribution in [3.05, 3.63) is 10.1 Å². The minimum absolute atomic E-state index is 0.0417. The number of hydrogen-bond acceptors (Lipinski definition) is 7. The highest BCUT2D eigenvalue weighted by Crippen LogP contribution is 2.40. The molecule has 1 heterocycles. The average molecular weight is 417 g/mol. The number of esters is 1. The van der Waals surface area contributed by atoms with Crippen LogP contribution in [0, 0.1) is 16.0 Å². The van der Waals surface area contributed by atoms with Gasteiger partial charge in [-0.1, -0.05) is 12.8 Å². The first-order valence-corrected chi connectivity index (χ1v) is 10.4. The van der Waals surface area contributed by atoms with Crippen LogP contribution >= 0.6 is 0 Å². The molecule has 0 spiro atoms. The Morgan fingerprint density at radius 2 is 1.79 bits per heavy atom. The zero-order valence-corrected chi connectivity index (χ0v) is 18.1. The molecular formula is C20H36N2O7. The minimum atomic E-state index is -0.794. The second-order valence-electron chi connectivity index (χ2n) is 8.52. The van der Waals surface area contributed by atoms with E-state index < -0.39 is 11.1 Å². The summed E-state index contributed by atoms with van der Waals surface area (Å²) in [5.74, 6) is 0.141. The molecule has 0 aromatic carbocycles. The van der Waals surface area contributed by atoms with Crippen LogP contribution in [0.2, 0.25) is 0 Å². The van der Waals surface area contributed by atoms with Crippen molar-refractivity contribution in [3.8, 4) is 0 Å². The lowest BCUT2D eigenvalue weighted by Crippen LogP contribution is -2.40. The molecule has 29 heavy (non-hydrogen) atoms. The van der Waals surface area contributed by atoms with Gasteiger partial charge in [0.2, 0.25) is 6.41 Å². The maximum absolute atomic E-state index is 12.1. The Kier molecular flexibility index (Phi) is 10.9. The van der Waals surface area contributed by atoms with Gasteiger partial charge in [0.25, 0.3) is 5.09 Å². The summed E-state index contributed by atoms with van der Waals surface area (Å²) >= 11 is 0. The summed E-state index contributed by atoms with van der Waals surface area (Å²) in [5.41, 5.74) is 0.0417. The van der Waals surface area contributed by atoms with E-state index in [2.05, 4.69) is 4.84 Å². The van der Waals surface area contributed by atoms with Crippen LogP contribution in [0.25, 0.3) is 0 Å². The summed E-state index contributed by atoms with van der Waals surface area (Å²) in [5, 5.41) is 9.16. The van der Waals surface area contributed by atoms with Gasteiger partial charge in [-0.2, -0.15) is 0 Å². The number of rotatable bonds is 10. The molecule has 0 aromatic heterocycles. The molecule has 1 aliphatic carbocycles. The van der Waals surface area contributed by atoms with Crippen molar-refractivity contribution < 1.29 is 29.0 Å². The van der Waals surface area contributed by atoms with Gasteiger partial charge < -0.3 is 19.2 Å². The van der Waals surface area contributed by atoms with Gasteiger partial charge in [0.15, 0.2) is 0 Å². The zero-order valence-electron chi connectivity index (χ0n) is 18.1. The van der Waals surface area contributed by atoms with E-state index in [4.69, 9.17) is 9.47 Å². The lowest BCUT2D eigenvalue weighted by Gasteiger charge is -2.23. The van der Waals surface area contributed by atoms with E-state index in [1.165, 1.54) is 0 Å². The molecule has 1 aliphatic heterocycles. The molecule has 1 saturated carbocycles. The first-order valence-electron chi connectivity index (χ1n) is 10.4. The number of methoxy groups -OCH3 is 1. The molecule has 9 nitrogen and oxygen atoms in total. The molecule has 2 fully saturated rings. The summed E-state index contributed by atoms with van der Waals surface area (Å²) in [6, 6.07) is -0.206. The van der Waals surface area contributed by atoms with Gasteiger partial charge in [-0.15, -0.1) is 10.1 Å². The van der Waals surface area contributed by atoms with E-state index >= 15 is 0 Å². The van der Waals surface area contributed by atoms with Gasteiger partial charge in [-0.3, -0.25) is 4.79 Å². The third-order valence-electron chi connectivity index (χ3n) is 5.37. The van der Waals surface area contributed by atoms with Gasteiger partial charge in [0.1, 0.15) is 6.04 Å². The predicted molar refractivity (Wildman–Crippen MR) is 107 cm³/mol. The van der Waals surface area contributed by atoms with Crippen molar-refractivity contribution in [1.82, 2.24) is 4.90 Å². The molecule has 0 N–H and O–H groups in total. The summed E-state index contributed by atoms with van der Waals surface area (Å²) < 4.78 is 10.2. The fourth-order valence-corrected chi connectivity index (χ4v) is 3.66. The molecule has 168 valence electrons. The van der Waals surface area contributed by atoms with Gasteiger partial charge in [0, 0.05) is 13.2 Å². The lowest BCUT2D eigenvalue weighted by molar-refractivity contribution is -0.757. The topological polar surface area (TPSA) is 108 Å². The SMILES string of the molecule is COC(C)(C)C.O=CN1C(C(=O)OCCCCCCO[N+](=O)[O-])CC2CCCC21. The highest BCUT2D eigenvalue weighted by molar-refractivity contribution is 5.79. The molecule has 2 aliphatic rings. The van der Waals surface area contributed by atoms with Crippen molar-refractivity contribution in [2.75, 3.05) is 20.3 Å². The van der Waals surface area contributed by atoms with Crippen LogP contribution in [0.4, 0.5) is 0 Å². The van der Waals surface area contributed by atoms with Crippen LogP contribution in [0.1, 0.15) is 72.1 Å². The molecule has 3 unspecified atom stereocenters. The molecule has 1 amide bonds. The number of amides is 1. The van der Waals surface area contributed by atoms with Crippen LogP contribution < -0.4 is 0 Å². The Morgan fingerprint density at radius 3 is 2.34 bits per heavy atom. The number of hydrogen-bond donors (Lipinski definition) is 0. The lowest BCUT2D eigenvalue weighted by atomic mass is 10.0. The number of nitrogens with zero attached hydrogens (tertiary/aromatic N) is 2. The molecule has 9 heteroatoms. The molecule has 0 aromatic rings. The molecule has 1 saturated heterocycles. The number of carbonyl (C=O) groups is 2. The molecular weight excluding hydrogens is 380 g/mol. The van der Waals surface area contributed by atoms with E-state index in [1.54, 1.807) is 12.0 Å². The predicted octanol–water partition coefficient (Wildman–Crippen LogP) is 3.13. The van der Waals surface area contributed by atoms with Gasteiger partial charge >= 0.3 is 5.97 Å². The van der Waals surface area contributed by atoms with Crippen LogP contribution in [0.3, 0.4) is 0 Å². The Morgan fingerprint density at radius 1 is 1.17 bits per heavy atom. The largest absolute Gasteiger partial charge is 0.464 e. The van der Waals surface area contributed by atoms with E-state index in [0.717, 1.165) is 44.9 Å². The van der Waals surface area contributed by atoms with Gasteiger partial charge in [-0.25, -0.2) is 4.79 Å². The van der Waals surface area contributed by atoms with E-state index in [-0.39, 0.29) is 24.2 Å². The summed E-state index contributed by atoms with van der Waals surface area (Å²) in [4.78, 5) is 39.2. The number of ether oxygens (including phenoxy) is 2. The van der Waals surface area contributed by atoms with Crippen molar-refractivity contribution in [1.29, 1.82) is 0 Å². The van der Waals surface area contributed by atoms with Crippen molar-refractivity contribution in [2.24, 2.45) is 5.92 Å². The Hall–Kier alpha value is -1.90. The van der Waals surface area contributed by atoms with Gasteiger partial charge in [-0.05, 0) is 65.2 Å². The van der Waals surface area contributed by atoms with E-state index in [0.29, 0.717) is 25.4 Å². The standard InChI is InChI=1S/C15H24N2O6.C5H12O/c18-11-16-13-7-5-6-12(13)10-14(16)15(19)22-8-3-1-2-4-9-23-17(20)21;1-5(2,3)6-4/h11-14H,1-10H2;1-4H3. The molecule has 0 radical (unpaired) electrons. The van der Waals surface area contributed by atoms with Crippen molar-refractivity contribution >= 4 is 12.4 Å². The summed E-state index contributed by atoms with van der Waals surface area (Å²) in [6.45, 7) is 6.49. The first-order chi connectivity index (χ1) is 13.7. The molecule has 3 atom stereocenters. The fraction of sp³-hybridized carbons (Fsp3) is 0.900. The van der Waals surface area contributed by atoms with Crippen LogP contribution in [-0.2, 0) is 23.9 Å². The quantitative estimate of drug-likeness (QED) is 0.177. The molecule has 2 rings (SSSR count). The number of likely N-dealkylation sites (tertiary alicyclic amines) is 1. The maximum atomic E-state index is 12.1. The summed E-state index contributed by atoms with van der Waals surface area (Å²) in [7, 11) is 1.71. The Balaban J connectivity index is 0.000000612. The van der Waals surface area contributed by atoms with Crippen LogP contribution in [0.15, 0.2) is 0 Å². The normalized spacial score (nSPS) is 23.0. The maximum Gasteiger partial charge on any atom is 0.328 e. The third kappa shape index (κ3) is 9.43. The average Bonchev–Trinajstić information content (AvgIpc) is 3.24. The highest BCUT2D eigenvalue weighted by atomic mass is 16.9. The van der Waals surface area contributed by atoms with Crippen LogP contribution in [-0.4, -0.2) is 60.4 Å². The Bertz CT molecular complexity index is 521. The molecule has 0 bridgehead atoms.